The fraction of sp³-hybridized carbons (Fsp3) is 0.111. The Labute approximate surface area is 158 Å². The first-order chi connectivity index (χ1) is 13.4. The number of carbonyl (C=O) groups excluding carboxylic acids is 1. The van der Waals surface area contributed by atoms with E-state index in [1.165, 1.54) is 6.07 Å². The number of rotatable bonds is 2. The number of halogens is 6. The van der Waals surface area contributed by atoms with Gasteiger partial charge in [-0.25, -0.2) is 0 Å². The van der Waals surface area contributed by atoms with Gasteiger partial charge in [0.1, 0.15) is 5.56 Å². The number of carbonyl (C=O) groups is 1. The van der Waals surface area contributed by atoms with E-state index in [9.17, 15) is 35.9 Å². The first-order valence-electron chi connectivity index (χ1n) is 7.89. The molecule has 152 valence electrons. The Morgan fingerprint density at radius 1 is 0.966 bits per heavy atom. The van der Waals surface area contributed by atoms with Crippen molar-refractivity contribution in [1.29, 1.82) is 0 Å². The molecule has 0 spiro atoms. The lowest BCUT2D eigenvalue weighted by atomic mass is 10.0. The monoisotopic (exact) mass is 415 g/mol. The van der Waals surface area contributed by atoms with Crippen molar-refractivity contribution in [3.05, 3.63) is 69.5 Å². The molecule has 1 heterocycles. The topological polar surface area (TPSA) is 88.0 Å². The van der Waals surface area contributed by atoms with Crippen LogP contribution in [0.3, 0.4) is 0 Å². The van der Waals surface area contributed by atoms with Crippen LogP contribution in [-0.4, -0.2) is 10.9 Å². The SMILES string of the molecule is Nc1ccc(NC(=O)c2c[nH]c3cccc(C(F)(F)F)c3c2=O)c(C(F)(F)F)c1. The van der Waals surface area contributed by atoms with Gasteiger partial charge in [-0.3, -0.25) is 9.59 Å². The van der Waals surface area contributed by atoms with E-state index < -0.39 is 51.5 Å². The van der Waals surface area contributed by atoms with Crippen LogP contribution >= 0.6 is 0 Å². The third kappa shape index (κ3) is 3.89. The fourth-order valence-electron chi connectivity index (χ4n) is 2.77. The van der Waals surface area contributed by atoms with E-state index in [-0.39, 0.29) is 11.2 Å². The maximum atomic E-state index is 13.2. The summed E-state index contributed by atoms with van der Waals surface area (Å²) in [5.41, 5.74) is -0.331. The molecule has 5 nitrogen and oxygen atoms in total. The molecule has 3 rings (SSSR count). The number of amides is 1. The van der Waals surface area contributed by atoms with Gasteiger partial charge in [0.05, 0.1) is 22.2 Å². The number of hydrogen-bond acceptors (Lipinski definition) is 3. The summed E-state index contributed by atoms with van der Waals surface area (Å²) >= 11 is 0. The minimum atomic E-state index is -4.87. The van der Waals surface area contributed by atoms with E-state index in [1.807, 2.05) is 5.32 Å². The maximum absolute atomic E-state index is 13.2. The number of pyridine rings is 1. The number of H-pyrrole nitrogens is 1. The number of nitrogens with one attached hydrogen (secondary N) is 2. The summed E-state index contributed by atoms with van der Waals surface area (Å²) in [6.07, 6.45) is -8.90. The van der Waals surface area contributed by atoms with Crippen LogP contribution in [0, 0.1) is 0 Å². The van der Waals surface area contributed by atoms with Crippen molar-refractivity contribution < 1.29 is 31.1 Å². The molecule has 1 amide bonds. The van der Waals surface area contributed by atoms with Gasteiger partial charge < -0.3 is 16.0 Å². The van der Waals surface area contributed by atoms with E-state index in [2.05, 4.69) is 4.98 Å². The fourth-order valence-corrected chi connectivity index (χ4v) is 2.77. The van der Waals surface area contributed by atoms with Gasteiger partial charge in [-0.15, -0.1) is 0 Å². The number of aromatic nitrogens is 1. The summed E-state index contributed by atoms with van der Waals surface area (Å²) in [7, 11) is 0. The second-order valence-electron chi connectivity index (χ2n) is 6.01. The van der Waals surface area contributed by atoms with Gasteiger partial charge in [0.25, 0.3) is 5.91 Å². The standard InChI is InChI=1S/C18H11F6N3O2/c19-17(20,21)10-2-1-3-13-14(10)15(28)9(7-26-13)16(29)27-12-5-4-8(25)6-11(12)18(22,23)24/h1-7H,25H2,(H,26,28)(H,27,29). The molecule has 29 heavy (non-hydrogen) atoms. The van der Waals surface area contributed by atoms with Crippen molar-refractivity contribution in [1.82, 2.24) is 4.98 Å². The second kappa shape index (κ2) is 6.83. The summed E-state index contributed by atoms with van der Waals surface area (Å²) in [5, 5.41) is 1.12. The number of nitrogens with two attached hydrogens (primary N) is 1. The van der Waals surface area contributed by atoms with Gasteiger partial charge >= 0.3 is 12.4 Å². The summed E-state index contributed by atoms with van der Waals surface area (Å²) in [6, 6.07) is 5.51. The summed E-state index contributed by atoms with van der Waals surface area (Å²) in [6.45, 7) is 0. The Morgan fingerprint density at radius 3 is 2.24 bits per heavy atom. The third-order valence-corrected chi connectivity index (χ3v) is 4.06. The zero-order valence-electron chi connectivity index (χ0n) is 14.2. The first-order valence-corrected chi connectivity index (χ1v) is 7.89. The van der Waals surface area contributed by atoms with E-state index in [0.717, 1.165) is 24.4 Å². The quantitative estimate of drug-likeness (QED) is 0.428. The summed E-state index contributed by atoms with van der Waals surface area (Å²) in [5.74, 6) is -1.31. The number of alkyl halides is 6. The van der Waals surface area contributed by atoms with E-state index in [0.29, 0.717) is 12.1 Å². The molecular weight excluding hydrogens is 404 g/mol. The number of aromatic amines is 1. The molecule has 2 aromatic carbocycles. The highest BCUT2D eigenvalue weighted by Gasteiger charge is 2.36. The zero-order chi connectivity index (χ0) is 21.6. The van der Waals surface area contributed by atoms with Gasteiger partial charge in [0, 0.05) is 17.4 Å². The van der Waals surface area contributed by atoms with E-state index in [1.54, 1.807) is 0 Å². The second-order valence-corrected chi connectivity index (χ2v) is 6.01. The van der Waals surface area contributed by atoms with E-state index in [4.69, 9.17) is 5.73 Å². The maximum Gasteiger partial charge on any atom is 0.418 e. The molecule has 0 radical (unpaired) electrons. The Morgan fingerprint density at radius 2 is 1.62 bits per heavy atom. The van der Waals surface area contributed by atoms with Gasteiger partial charge in [-0.2, -0.15) is 26.3 Å². The Hall–Kier alpha value is -3.50. The number of anilines is 2. The highest BCUT2D eigenvalue weighted by Crippen LogP contribution is 2.36. The molecule has 0 bridgehead atoms. The molecule has 0 aliphatic carbocycles. The first kappa shape index (κ1) is 20.2. The Balaban J connectivity index is 2.11. The predicted molar refractivity (Wildman–Crippen MR) is 93.4 cm³/mol. The molecule has 0 atom stereocenters. The van der Waals surface area contributed by atoms with Gasteiger partial charge in [-0.05, 0) is 30.3 Å². The molecule has 0 saturated carbocycles. The van der Waals surface area contributed by atoms with Crippen molar-refractivity contribution in [3.63, 3.8) is 0 Å². The zero-order valence-corrected chi connectivity index (χ0v) is 14.2. The smallest absolute Gasteiger partial charge is 0.399 e. The predicted octanol–water partition coefficient (Wildman–Crippen LogP) is 4.40. The van der Waals surface area contributed by atoms with Crippen LogP contribution in [0.1, 0.15) is 21.5 Å². The van der Waals surface area contributed by atoms with Crippen molar-refractivity contribution in [3.8, 4) is 0 Å². The van der Waals surface area contributed by atoms with Crippen LogP contribution in [0.4, 0.5) is 37.7 Å². The normalized spacial score (nSPS) is 12.2. The van der Waals surface area contributed by atoms with Crippen LogP contribution in [0.15, 0.2) is 47.4 Å². The minimum absolute atomic E-state index is 0.176. The van der Waals surface area contributed by atoms with E-state index >= 15 is 0 Å². The number of fused-ring (bicyclic) bond motifs is 1. The lowest BCUT2D eigenvalue weighted by Crippen LogP contribution is -2.25. The molecule has 0 unspecified atom stereocenters. The van der Waals surface area contributed by atoms with Gasteiger partial charge in [0.15, 0.2) is 0 Å². The minimum Gasteiger partial charge on any atom is -0.399 e. The van der Waals surface area contributed by atoms with Crippen LogP contribution in [0.25, 0.3) is 10.9 Å². The molecule has 0 aliphatic rings. The average Bonchev–Trinajstić information content (AvgIpc) is 2.61. The lowest BCUT2D eigenvalue weighted by molar-refractivity contribution is -0.137. The number of nitrogen functional groups attached to an aromatic ring is 1. The van der Waals surface area contributed by atoms with Crippen molar-refractivity contribution in [2.45, 2.75) is 12.4 Å². The lowest BCUT2D eigenvalue weighted by Gasteiger charge is -2.15. The van der Waals surface area contributed by atoms with Crippen LogP contribution in [0.2, 0.25) is 0 Å². The number of benzene rings is 2. The van der Waals surface area contributed by atoms with Gasteiger partial charge in [-0.1, -0.05) is 6.07 Å². The molecule has 3 aromatic rings. The molecular formula is C18H11F6N3O2. The van der Waals surface area contributed by atoms with Crippen LogP contribution < -0.4 is 16.5 Å². The third-order valence-electron chi connectivity index (χ3n) is 4.06. The van der Waals surface area contributed by atoms with Crippen molar-refractivity contribution in [2.75, 3.05) is 11.1 Å². The molecule has 0 fully saturated rings. The highest BCUT2D eigenvalue weighted by molar-refractivity contribution is 6.06. The van der Waals surface area contributed by atoms with Crippen molar-refractivity contribution in [2.24, 2.45) is 0 Å². The Kier molecular flexibility index (Phi) is 4.77. The summed E-state index contributed by atoms with van der Waals surface area (Å²) < 4.78 is 79.1. The van der Waals surface area contributed by atoms with Gasteiger partial charge in [0.2, 0.25) is 5.43 Å². The largest absolute Gasteiger partial charge is 0.418 e. The summed E-state index contributed by atoms with van der Waals surface area (Å²) in [4.78, 5) is 27.3. The van der Waals surface area contributed by atoms with Crippen LogP contribution in [-0.2, 0) is 12.4 Å². The molecule has 1 aromatic heterocycles. The number of hydrogen-bond donors (Lipinski definition) is 3. The molecule has 0 aliphatic heterocycles. The van der Waals surface area contributed by atoms with Crippen molar-refractivity contribution >= 4 is 28.2 Å². The van der Waals surface area contributed by atoms with Crippen LogP contribution in [0.5, 0.6) is 0 Å². The molecule has 0 saturated heterocycles. The highest BCUT2D eigenvalue weighted by atomic mass is 19.4. The Bertz CT molecular complexity index is 1160. The molecule has 4 N–H and O–H groups in total. The average molecular weight is 415 g/mol. The molecule has 11 heteroatoms.